The van der Waals surface area contributed by atoms with Gasteiger partial charge < -0.3 is 9.84 Å². The van der Waals surface area contributed by atoms with Gasteiger partial charge in [0.2, 0.25) is 0 Å². The van der Waals surface area contributed by atoms with Gasteiger partial charge in [0.05, 0.1) is 12.2 Å². The molecule has 0 heterocycles. The number of hydrogen-bond acceptors (Lipinski definition) is 2. The maximum atomic E-state index is 10.3. The Bertz CT molecular complexity index is 314. The first-order chi connectivity index (χ1) is 7.11. The van der Waals surface area contributed by atoms with Gasteiger partial charge in [-0.05, 0) is 18.1 Å². The van der Waals surface area contributed by atoms with Crippen molar-refractivity contribution >= 4 is 15.9 Å². The first kappa shape index (κ1) is 12.7. The lowest BCUT2D eigenvalue weighted by Gasteiger charge is -2.26. The number of halogens is 1. The molecule has 1 rings (SSSR count). The highest BCUT2D eigenvalue weighted by atomic mass is 79.9. The number of rotatable bonds is 5. The minimum Gasteiger partial charge on any atom is -0.387 e. The summed E-state index contributed by atoms with van der Waals surface area (Å²) >= 11 is 3.48. The van der Waals surface area contributed by atoms with Crippen molar-refractivity contribution in [1.82, 2.24) is 0 Å². The van der Waals surface area contributed by atoms with Crippen LogP contribution in [0.4, 0.5) is 0 Å². The fourth-order valence-electron chi connectivity index (χ4n) is 1.54. The molecule has 0 radical (unpaired) electrons. The number of aliphatic hydroxyl groups is 1. The van der Waals surface area contributed by atoms with Crippen molar-refractivity contribution < 1.29 is 9.84 Å². The quantitative estimate of drug-likeness (QED) is 0.893. The molecule has 0 aliphatic carbocycles. The second kappa shape index (κ2) is 5.64. The highest BCUT2D eigenvalue weighted by Gasteiger charge is 2.25. The van der Waals surface area contributed by atoms with E-state index in [0.29, 0.717) is 19.4 Å². The summed E-state index contributed by atoms with van der Waals surface area (Å²) in [5, 5.41) is 10.3. The van der Waals surface area contributed by atoms with E-state index in [4.69, 9.17) is 4.74 Å². The third kappa shape index (κ3) is 3.59. The Labute approximate surface area is 99.4 Å². The number of ether oxygens (including phenoxy) is 1. The zero-order valence-electron chi connectivity index (χ0n) is 9.16. The fourth-order valence-corrected chi connectivity index (χ4v) is 1.97. The van der Waals surface area contributed by atoms with Crippen LogP contribution in [0.25, 0.3) is 0 Å². The second-order valence-electron chi connectivity index (χ2n) is 3.78. The molecule has 0 bridgehead atoms. The molecule has 15 heavy (non-hydrogen) atoms. The van der Waals surface area contributed by atoms with Gasteiger partial charge in [-0.1, -0.05) is 41.1 Å². The van der Waals surface area contributed by atoms with Crippen LogP contribution in [-0.4, -0.2) is 24.4 Å². The predicted molar refractivity (Wildman–Crippen MR) is 65.0 cm³/mol. The lowest BCUT2D eigenvalue weighted by atomic mass is 9.93. The zero-order valence-corrected chi connectivity index (χ0v) is 10.8. The lowest BCUT2D eigenvalue weighted by Crippen LogP contribution is -2.35. The predicted octanol–water partition coefficient (Wildman–Crippen LogP) is 2.78. The molecule has 0 spiro atoms. The standard InChI is InChI=1S/C12H17BrO2/c1-3-12(14,9-15-2)8-10-6-4-5-7-11(10)13/h4-7,14H,3,8-9H2,1-2H3. The normalized spacial score (nSPS) is 14.9. The van der Waals surface area contributed by atoms with Crippen LogP contribution in [-0.2, 0) is 11.2 Å². The summed E-state index contributed by atoms with van der Waals surface area (Å²) in [6.07, 6.45) is 1.29. The van der Waals surface area contributed by atoms with Crippen LogP contribution >= 0.6 is 15.9 Å². The van der Waals surface area contributed by atoms with Crippen molar-refractivity contribution in [2.45, 2.75) is 25.4 Å². The van der Waals surface area contributed by atoms with Crippen LogP contribution in [0.15, 0.2) is 28.7 Å². The number of methoxy groups -OCH3 is 1. The van der Waals surface area contributed by atoms with Gasteiger partial charge in [-0.15, -0.1) is 0 Å². The molecule has 0 amide bonds. The van der Waals surface area contributed by atoms with Crippen LogP contribution in [0.1, 0.15) is 18.9 Å². The van der Waals surface area contributed by atoms with E-state index in [1.807, 2.05) is 31.2 Å². The molecule has 1 aromatic carbocycles. The lowest BCUT2D eigenvalue weighted by molar-refractivity contribution is -0.0334. The molecule has 0 aliphatic rings. The van der Waals surface area contributed by atoms with Gasteiger partial charge in [-0.3, -0.25) is 0 Å². The summed E-state index contributed by atoms with van der Waals surface area (Å²) in [4.78, 5) is 0. The Morgan fingerprint density at radius 2 is 2.07 bits per heavy atom. The average Bonchev–Trinajstić information content (AvgIpc) is 2.22. The summed E-state index contributed by atoms with van der Waals surface area (Å²) < 4.78 is 6.08. The monoisotopic (exact) mass is 272 g/mol. The largest absolute Gasteiger partial charge is 0.387 e. The summed E-state index contributed by atoms with van der Waals surface area (Å²) in [6.45, 7) is 2.33. The van der Waals surface area contributed by atoms with E-state index in [1.54, 1.807) is 7.11 Å². The molecule has 0 saturated carbocycles. The molecule has 1 N–H and O–H groups in total. The van der Waals surface area contributed by atoms with E-state index in [0.717, 1.165) is 10.0 Å². The maximum absolute atomic E-state index is 10.3. The molecule has 1 atom stereocenters. The zero-order chi connectivity index (χ0) is 11.3. The molecule has 0 aliphatic heterocycles. The van der Waals surface area contributed by atoms with Crippen LogP contribution in [0.3, 0.4) is 0 Å². The van der Waals surface area contributed by atoms with Crippen molar-refractivity contribution in [2.24, 2.45) is 0 Å². The molecular weight excluding hydrogens is 256 g/mol. The van der Waals surface area contributed by atoms with Crippen LogP contribution in [0.2, 0.25) is 0 Å². The highest BCUT2D eigenvalue weighted by molar-refractivity contribution is 9.10. The van der Waals surface area contributed by atoms with Gasteiger partial charge in [-0.2, -0.15) is 0 Å². The van der Waals surface area contributed by atoms with Crippen molar-refractivity contribution in [1.29, 1.82) is 0 Å². The Morgan fingerprint density at radius 3 is 2.60 bits per heavy atom. The van der Waals surface area contributed by atoms with Gasteiger partial charge in [-0.25, -0.2) is 0 Å². The molecule has 0 fully saturated rings. The second-order valence-corrected chi connectivity index (χ2v) is 4.63. The Morgan fingerprint density at radius 1 is 1.40 bits per heavy atom. The number of benzene rings is 1. The third-order valence-electron chi connectivity index (χ3n) is 2.55. The van der Waals surface area contributed by atoms with Crippen molar-refractivity contribution in [2.75, 3.05) is 13.7 Å². The van der Waals surface area contributed by atoms with Crippen LogP contribution in [0, 0.1) is 0 Å². The van der Waals surface area contributed by atoms with E-state index < -0.39 is 5.60 Å². The summed E-state index contributed by atoms with van der Waals surface area (Å²) in [5.41, 5.74) is 0.345. The highest BCUT2D eigenvalue weighted by Crippen LogP contribution is 2.23. The Balaban J connectivity index is 2.79. The SMILES string of the molecule is CCC(O)(COC)Cc1ccccc1Br. The first-order valence-corrected chi connectivity index (χ1v) is 5.85. The number of hydrogen-bond donors (Lipinski definition) is 1. The van der Waals surface area contributed by atoms with E-state index in [2.05, 4.69) is 15.9 Å². The van der Waals surface area contributed by atoms with E-state index >= 15 is 0 Å². The van der Waals surface area contributed by atoms with Gasteiger partial charge in [0.25, 0.3) is 0 Å². The smallest absolute Gasteiger partial charge is 0.0917 e. The maximum Gasteiger partial charge on any atom is 0.0917 e. The van der Waals surface area contributed by atoms with E-state index in [9.17, 15) is 5.11 Å². The minimum absolute atomic E-state index is 0.366. The third-order valence-corrected chi connectivity index (χ3v) is 3.32. The van der Waals surface area contributed by atoms with Gasteiger partial charge in [0.1, 0.15) is 0 Å². The fraction of sp³-hybridized carbons (Fsp3) is 0.500. The van der Waals surface area contributed by atoms with Gasteiger partial charge in [0.15, 0.2) is 0 Å². The molecule has 84 valence electrons. The Hall–Kier alpha value is -0.380. The van der Waals surface area contributed by atoms with Crippen LogP contribution in [0.5, 0.6) is 0 Å². The minimum atomic E-state index is -0.765. The Kier molecular flexibility index (Phi) is 4.77. The molecule has 1 aromatic rings. The van der Waals surface area contributed by atoms with Crippen LogP contribution < -0.4 is 0 Å². The topological polar surface area (TPSA) is 29.5 Å². The molecule has 0 aromatic heterocycles. The molecular formula is C12H17BrO2. The van der Waals surface area contributed by atoms with Gasteiger partial charge >= 0.3 is 0 Å². The molecule has 0 saturated heterocycles. The molecule has 2 nitrogen and oxygen atoms in total. The molecule has 3 heteroatoms. The van der Waals surface area contributed by atoms with E-state index in [1.165, 1.54) is 0 Å². The van der Waals surface area contributed by atoms with E-state index in [-0.39, 0.29) is 0 Å². The van der Waals surface area contributed by atoms with Crippen molar-refractivity contribution in [3.63, 3.8) is 0 Å². The summed E-state index contributed by atoms with van der Waals surface area (Å²) in [5.74, 6) is 0. The first-order valence-electron chi connectivity index (χ1n) is 5.06. The van der Waals surface area contributed by atoms with Crippen molar-refractivity contribution in [3.05, 3.63) is 34.3 Å². The van der Waals surface area contributed by atoms with Crippen molar-refractivity contribution in [3.8, 4) is 0 Å². The van der Waals surface area contributed by atoms with Gasteiger partial charge in [0, 0.05) is 18.0 Å². The molecule has 1 unspecified atom stereocenters. The summed E-state index contributed by atoms with van der Waals surface area (Å²) in [7, 11) is 1.61. The summed E-state index contributed by atoms with van der Waals surface area (Å²) in [6, 6.07) is 7.94. The average molecular weight is 273 g/mol.